The van der Waals surface area contributed by atoms with Gasteiger partial charge in [-0.1, -0.05) is 11.6 Å². The summed E-state index contributed by atoms with van der Waals surface area (Å²) < 4.78 is 9.07. The van der Waals surface area contributed by atoms with E-state index < -0.39 is 11.8 Å². The molecule has 1 aliphatic heterocycles. The number of carbonyl (C=O) groups is 1. The number of hydrogen-bond donors (Lipinski definition) is 1. The van der Waals surface area contributed by atoms with Crippen molar-refractivity contribution in [2.45, 2.75) is 77.6 Å². The Hall–Kier alpha value is -3.96. The molecule has 0 radical (unpaired) electrons. The molecule has 1 amide bonds. The molecule has 1 saturated heterocycles. The molecule has 4 heterocycles. The van der Waals surface area contributed by atoms with E-state index in [-0.39, 0.29) is 17.7 Å². The number of amides is 1. The van der Waals surface area contributed by atoms with Crippen molar-refractivity contribution in [1.82, 2.24) is 34.7 Å². The fraction of sp³-hybridized carbons (Fsp3) is 0.586. The Bertz CT molecular complexity index is 1410. The molecule has 3 aromatic rings. The quantitative estimate of drug-likeness (QED) is 0.433. The van der Waals surface area contributed by atoms with E-state index in [2.05, 4.69) is 30.7 Å². The summed E-state index contributed by atoms with van der Waals surface area (Å²) in [4.78, 5) is 30.7. The van der Waals surface area contributed by atoms with Gasteiger partial charge in [0.25, 0.3) is 5.56 Å². The van der Waals surface area contributed by atoms with Gasteiger partial charge in [-0.15, -0.1) is 10.2 Å². The molecule has 1 N–H and O–H groups in total. The normalized spacial score (nSPS) is 18.5. The van der Waals surface area contributed by atoms with Gasteiger partial charge < -0.3 is 19.9 Å². The van der Waals surface area contributed by atoms with Gasteiger partial charge in [0.05, 0.1) is 24.1 Å². The van der Waals surface area contributed by atoms with Gasteiger partial charge in [-0.25, -0.2) is 9.48 Å². The topological polar surface area (TPSA) is 123 Å². The van der Waals surface area contributed by atoms with Crippen molar-refractivity contribution in [3.63, 3.8) is 0 Å². The van der Waals surface area contributed by atoms with Crippen LogP contribution in [0.5, 0.6) is 0 Å². The van der Waals surface area contributed by atoms with Crippen LogP contribution in [0.3, 0.4) is 0 Å². The average molecular weight is 564 g/mol. The van der Waals surface area contributed by atoms with Gasteiger partial charge in [0.15, 0.2) is 0 Å². The van der Waals surface area contributed by atoms with Crippen molar-refractivity contribution in [2.75, 3.05) is 36.9 Å². The molecule has 2 fully saturated rings. The van der Waals surface area contributed by atoms with Crippen LogP contribution in [0.25, 0.3) is 11.4 Å². The second kappa shape index (κ2) is 11.9. The summed E-state index contributed by atoms with van der Waals surface area (Å²) in [6, 6.07) is 5.51. The molecule has 12 nitrogen and oxygen atoms in total. The predicted octanol–water partition coefficient (Wildman–Crippen LogP) is 4.01. The summed E-state index contributed by atoms with van der Waals surface area (Å²) in [5, 5.41) is 19.7. The lowest BCUT2D eigenvalue weighted by Gasteiger charge is -2.43. The zero-order chi connectivity index (χ0) is 29.1. The van der Waals surface area contributed by atoms with Crippen LogP contribution in [0.2, 0.25) is 0 Å². The van der Waals surface area contributed by atoms with Crippen LogP contribution in [0, 0.1) is 5.92 Å². The summed E-state index contributed by atoms with van der Waals surface area (Å²) >= 11 is 0. The number of aromatic nitrogens is 6. The highest BCUT2D eigenvalue weighted by atomic mass is 16.6. The molecular formula is C29H41N9O3. The third kappa shape index (κ3) is 6.68. The minimum atomic E-state index is -0.542. The molecule has 0 spiro atoms. The number of rotatable bonds is 8. The number of nitrogens with one attached hydrogen (secondary N) is 1. The maximum atomic E-state index is 13.3. The minimum Gasteiger partial charge on any atom is -0.444 e. The van der Waals surface area contributed by atoms with E-state index in [0.29, 0.717) is 23.9 Å². The van der Waals surface area contributed by atoms with Crippen LogP contribution in [0.15, 0.2) is 41.6 Å². The first kappa shape index (κ1) is 28.6. The summed E-state index contributed by atoms with van der Waals surface area (Å²) in [7, 11) is 1.81. The molecular weight excluding hydrogens is 522 g/mol. The van der Waals surface area contributed by atoms with Gasteiger partial charge in [-0.05, 0) is 71.4 Å². The lowest BCUT2D eigenvalue weighted by atomic mass is 9.84. The van der Waals surface area contributed by atoms with Gasteiger partial charge in [-0.2, -0.15) is 5.10 Å². The number of nitrogens with zero attached hydrogens (tertiary/aromatic N) is 8. The highest BCUT2D eigenvalue weighted by Gasteiger charge is 2.34. The lowest BCUT2D eigenvalue weighted by molar-refractivity contribution is 0.00736. The third-order valence-corrected chi connectivity index (χ3v) is 7.94. The molecule has 1 unspecified atom stereocenters. The summed E-state index contributed by atoms with van der Waals surface area (Å²) in [5.41, 5.74) is 2.16. The second-order valence-corrected chi connectivity index (χ2v) is 12.1. The van der Waals surface area contributed by atoms with Crippen molar-refractivity contribution >= 4 is 17.5 Å². The maximum absolute atomic E-state index is 13.3. The first-order chi connectivity index (χ1) is 19.6. The number of pyridine rings is 1. The van der Waals surface area contributed by atoms with Gasteiger partial charge in [0, 0.05) is 44.6 Å². The Balaban J connectivity index is 1.30. The third-order valence-electron chi connectivity index (χ3n) is 7.94. The van der Waals surface area contributed by atoms with E-state index >= 15 is 0 Å². The van der Waals surface area contributed by atoms with Crippen LogP contribution in [-0.4, -0.2) is 79.1 Å². The zero-order valence-corrected chi connectivity index (χ0v) is 24.7. The molecule has 41 heavy (non-hydrogen) atoms. The van der Waals surface area contributed by atoms with Gasteiger partial charge in [0.1, 0.15) is 23.2 Å². The smallest absolute Gasteiger partial charge is 0.410 e. The van der Waals surface area contributed by atoms with Crippen molar-refractivity contribution in [1.29, 1.82) is 0 Å². The highest BCUT2D eigenvalue weighted by Crippen LogP contribution is 2.31. The maximum Gasteiger partial charge on any atom is 0.410 e. The molecule has 3 aromatic heterocycles. The van der Waals surface area contributed by atoms with E-state index in [1.54, 1.807) is 33.9 Å². The van der Waals surface area contributed by atoms with Crippen LogP contribution in [-0.2, 0) is 4.74 Å². The fourth-order valence-electron chi connectivity index (χ4n) is 5.41. The number of carbonyl (C=O) groups excluding carboxylic acids is 1. The average Bonchev–Trinajstić information content (AvgIpc) is 3.42. The molecule has 220 valence electrons. The fourth-order valence-corrected chi connectivity index (χ4v) is 5.41. The highest BCUT2D eigenvalue weighted by molar-refractivity contribution is 5.69. The second-order valence-electron chi connectivity index (χ2n) is 12.1. The molecule has 1 saturated carbocycles. The number of ether oxygens (including phenoxy) is 1. The molecule has 12 heteroatoms. The molecule has 0 aromatic carbocycles. The van der Waals surface area contributed by atoms with Crippen molar-refractivity contribution in [3.8, 4) is 11.4 Å². The molecule has 1 aliphatic carbocycles. The van der Waals surface area contributed by atoms with Crippen LogP contribution >= 0.6 is 0 Å². The Morgan fingerprint density at radius 3 is 2.66 bits per heavy atom. The van der Waals surface area contributed by atoms with Gasteiger partial charge in [-0.3, -0.25) is 9.36 Å². The van der Waals surface area contributed by atoms with Crippen LogP contribution < -0.4 is 15.8 Å². The molecule has 0 bridgehead atoms. The van der Waals surface area contributed by atoms with E-state index in [4.69, 9.17) is 4.74 Å². The summed E-state index contributed by atoms with van der Waals surface area (Å²) in [6.45, 7) is 9.86. The Kier molecular flexibility index (Phi) is 8.27. The Morgan fingerprint density at radius 1 is 1.17 bits per heavy atom. The van der Waals surface area contributed by atoms with E-state index in [0.717, 1.165) is 50.1 Å². The SMILES string of the molecule is CNc1cnnc(-c2cn(C(C)n3ccc(N4CCC[C@@H](N(CC5CCC5)C(=O)OC(C)(C)C)C4)cc3=O)nn2)c1. The lowest BCUT2D eigenvalue weighted by Crippen LogP contribution is -2.53. The number of hydrogen-bond acceptors (Lipinski definition) is 9. The summed E-state index contributed by atoms with van der Waals surface area (Å²) in [5.74, 6) is 0.542. The zero-order valence-electron chi connectivity index (χ0n) is 24.7. The Labute approximate surface area is 240 Å². The molecule has 5 rings (SSSR count). The van der Waals surface area contributed by atoms with Gasteiger partial charge >= 0.3 is 6.09 Å². The van der Waals surface area contributed by atoms with E-state index in [1.807, 2.05) is 51.8 Å². The number of anilines is 2. The first-order valence-electron chi connectivity index (χ1n) is 14.5. The minimum absolute atomic E-state index is 0.0404. The monoisotopic (exact) mass is 563 g/mol. The van der Waals surface area contributed by atoms with E-state index in [9.17, 15) is 9.59 Å². The van der Waals surface area contributed by atoms with Crippen LogP contribution in [0.1, 0.15) is 66.0 Å². The van der Waals surface area contributed by atoms with Crippen molar-refractivity contribution < 1.29 is 9.53 Å². The van der Waals surface area contributed by atoms with Crippen LogP contribution in [0.4, 0.5) is 16.2 Å². The van der Waals surface area contributed by atoms with E-state index in [1.165, 1.54) is 6.42 Å². The molecule has 2 atom stereocenters. The van der Waals surface area contributed by atoms with Crippen molar-refractivity contribution in [3.05, 3.63) is 47.1 Å². The molecule has 2 aliphatic rings. The first-order valence-corrected chi connectivity index (χ1v) is 14.5. The largest absolute Gasteiger partial charge is 0.444 e. The Morgan fingerprint density at radius 2 is 1.98 bits per heavy atom. The predicted molar refractivity (Wildman–Crippen MR) is 157 cm³/mol. The summed E-state index contributed by atoms with van der Waals surface area (Å²) in [6.07, 6.45) is 9.97. The standard InChI is InChI=1S/C29H41N9O3/c1-20(38-19-26(33-34-38)25-14-22(30-5)16-31-32-25)36-13-11-23(15-27(36)39)35-12-7-10-24(18-35)37(17-21-8-6-9-21)28(40)41-29(2,3)4/h11,13-16,19-21,24H,6-10,12,17-18H2,1-5H3,(H,30,32)/t20?,24-/m1/s1. The number of piperidine rings is 1. The van der Waals surface area contributed by atoms with Gasteiger partial charge in [0.2, 0.25) is 0 Å². The van der Waals surface area contributed by atoms with Crippen molar-refractivity contribution in [2.24, 2.45) is 5.92 Å².